The topological polar surface area (TPSA) is 68.3 Å². The van der Waals surface area contributed by atoms with Gasteiger partial charge in [-0.25, -0.2) is 4.98 Å². The Morgan fingerprint density at radius 2 is 2.00 bits per heavy atom. The standard InChI is InChI=1S/C18H20N2O3S/c1-11(23-12-7-5-4-6-8-12)16(22)20-17-19-13-9-18(2,3)10-14(21)15(13)24-17/h4-8,11H,9-10H2,1-3H3,(H,19,20,22)/t11-/m0/s1. The minimum absolute atomic E-state index is 0.0802. The lowest BCUT2D eigenvalue weighted by Crippen LogP contribution is -2.30. The van der Waals surface area contributed by atoms with Crippen LogP contribution >= 0.6 is 11.3 Å². The molecule has 2 aromatic rings. The fourth-order valence-electron chi connectivity index (χ4n) is 2.74. The van der Waals surface area contributed by atoms with Crippen LogP contribution in [-0.4, -0.2) is 22.8 Å². The number of ether oxygens (including phenoxy) is 1. The summed E-state index contributed by atoms with van der Waals surface area (Å²) in [6.45, 7) is 5.80. The van der Waals surface area contributed by atoms with Gasteiger partial charge in [0.2, 0.25) is 0 Å². The van der Waals surface area contributed by atoms with Crippen LogP contribution < -0.4 is 10.1 Å². The zero-order valence-corrected chi connectivity index (χ0v) is 14.8. The number of aromatic nitrogens is 1. The molecule has 5 nitrogen and oxygen atoms in total. The molecule has 0 fully saturated rings. The Kier molecular flexibility index (Phi) is 4.41. The zero-order valence-electron chi connectivity index (χ0n) is 14.0. The molecule has 1 heterocycles. The minimum atomic E-state index is -0.652. The van der Waals surface area contributed by atoms with Crippen molar-refractivity contribution in [3.63, 3.8) is 0 Å². The molecule has 0 saturated heterocycles. The Balaban J connectivity index is 1.68. The number of nitrogens with zero attached hydrogens (tertiary/aromatic N) is 1. The number of carbonyl (C=O) groups excluding carboxylic acids is 2. The number of para-hydroxylation sites is 1. The van der Waals surface area contributed by atoms with Gasteiger partial charge in [0, 0.05) is 6.42 Å². The maximum absolute atomic E-state index is 12.3. The van der Waals surface area contributed by atoms with Crippen molar-refractivity contribution in [3.8, 4) is 5.75 Å². The predicted molar refractivity (Wildman–Crippen MR) is 93.7 cm³/mol. The molecule has 0 radical (unpaired) electrons. The van der Waals surface area contributed by atoms with Crippen molar-refractivity contribution in [2.75, 3.05) is 5.32 Å². The Bertz CT molecular complexity index is 768. The number of fused-ring (bicyclic) bond motifs is 1. The zero-order chi connectivity index (χ0) is 17.3. The van der Waals surface area contributed by atoms with Gasteiger partial charge in [-0.2, -0.15) is 0 Å². The highest BCUT2D eigenvalue weighted by Crippen LogP contribution is 2.38. The molecule has 0 saturated carbocycles. The molecule has 6 heteroatoms. The molecule has 1 aromatic heterocycles. The SMILES string of the molecule is C[C@H](Oc1ccccc1)C(=O)Nc1nc2c(s1)C(=O)CC(C)(C)C2. The maximum atomic E-state index is 12.3. The monoisotopic (exact) mass is 344 g/mol. The molecular weight excluding hydrogens is 324 g/mol. The van der Waals surface area contributed by atoms with Gasteiger partial charge in [-0.05, 0) is 30.9 Å². The normalized spacial score (nSPS) is 17.0. The molecule has 0 bridgehead atoms. The molecular formula is C18H20N2O3S. The number of carbonyl (C=O) groups is 2. The van der Waals surface area contributed by atoms with E-state index in [-0.39, 0.29) is 17.1 Å². The number of amides is 1. The highest BCUT2D eigenvalue weighted by atomic mass is 32.1. The van der Waals surface area contributed by atoms with Gasteiger partial charge in [0.25, 0.3) is 5.91 Å². The lowest BCUT2D eigenvalue weighted by atomic mass is 9.78. The fourth-order valence-corrected chi connectivity index (χ4v) is 3.66. The van der Waals surface area contributed by atoms with E-state index >= 15 is 0 Å². The molecule has 1 N–H and O–H groups in total. The fraction of sp³-hybridized carbons (Fsp3) is 0.389. The van der Waals surface area contributed by atoms with Gasteiger partial charge in [0.1, 0.15) is 5.75 Å². The molecule has 3 rings (SSSR count). The molecule has 1 aromatic carbocycles. The first-order valence-corrected chi connectivity index (χ1v) is 8.71. The number of benzene rings is 1. The number of hydrogen-bond donors (Lipinski definition) is 1. The summed E-state index contributed by atoms with van der Waals surface area (Å²) in [5.74, 6) is 0.458. The van der Waals surface area contributed by atoms with E-state index in [0.717, 1.165) is 12.1 Å². The lowest BCUT2D eigenvalue weighted by molar-refractivity contribution is -0.122. The van der Waals surface area contributed by atoms with Gasteiger partial charge in [0.05, 0.1) is 10.6 Å². The summed E-state index contributed by atoms with van der Waals surface area (Å²) >= 11 is 1.25. The molecule has 1 aliphatic rings. The van der Waals surface area contributed by atoms with Gasteiger partial charge >= 0.3 is 0 Å². The molecule has 0 unspecified atom stereocenters. The second kappa shape index (κ2) is 6.36. The van der Waals surface area contributed by atoms with Crippen LogP contribution in [0, 0.1) is 5.41 Å². The van der Waals surface area contributed by atoms with Crippen molar-refractivity contribution < 1.29 is 14.3 Å². The van der Waals surface area contributed by atoms with Crippen LogP contribution in [-0.2, 0) is 11.2 Å². The van der Waals surface area contributed by atoms with E-state index in [1.807, 2.05) is 18.2 Å². The summed E-state index contributed by atoms with van der Waals surface area (Å²) in [7, 11) is 0. The van der Waals surface area contributed by atoms with Gasteiger partial charge in [-0.15, -0.1) is 0 Å². The van der Waals surface area contributed by atoms with Crippen LogP contribution in [0.25, 0.3) is 0 Å². The summed E-state index contributed by atoms with van der Waals surface area (Å²) < 4.78 is 5.60. The average Bonchev–Trinajstić information content (AvgIpc) is 2.89. The van der Waals surface area contributed by atoms with Crippen LogP contribution in [0.1, 0.15) is 42.6 Å². The first kappa shape index (κ1) is 16.6. The van der Waals surface area contributed by atoms with Gasteiger partial charge in [-0.1, -0.05) is 43.4 Å². The predicted octanol–water partition coefficient (Wildman–Crippen LogP) is 3.70. The summed E-state index contributed by atoms with van der Waals surface area (Å²) in [4.78, 5) is 29.6. The van der Waals surface area contributed by atoms with Crippen molar-refractivity contribution in [1.29, 1.82) is 0 Å². The third-order valence-corrected chi connectivity index (χ3v) is 4.95. The van der Waals surface area contributed by atoms with Crippen molar-refractivity contribution in [3.05, 3.63) is 40.9 Å². The number of Topliss-reactive ketones (excluding diaryl/α,β-unsaturated/α-hetero) is 1. The molecule has 1 amide bonds. The Morgan fingerprint density at radius 3 is 2.71 bits per heavy atom. The van der Waals surface area contributed by atoms with E-state index in [9.17, 15) is 9.59 Å². The summed E-state index contributed by atoms with van der Waals surface area (Å²) in [5, 5.41) is 3.22. The number of anilines is 1. The van der Waals surface area contributed by atoms with E-state index in [1.165, 1.54) is 11.3 Å². The Labute approximate surface area is 145 Å². The highest BCUT2D eigenvalue weighted by Gasteiger charge is 2.34. The first-order valence-electron chi connectivity index (χ1n) is 7.89. The van der Waals surface area contributed by atoms with E-state index < -0.39 is 6.10 Å². The van der Waals surface area contributed by atoms with Gasteiger partial charge in [0.15, 0.2) is 17.0 Å². The summed E-state index contributed by atoms with van der Waals surface area (Å²) in [5.41, 5.74) is 0.705. The quantitative estimate of drug-likeness (QED) is 0.918. The van der Waals surface area contributed by atoms with E-state index in [0.29, 0.717) is 22.2 Å². The second-order valence-corrected chi connectivity index (χ2v) is 7.80. The first-order chi connectivity index (χ1) is 11.3. The number of rotatable bonds is 4. The largest absolute Gasteiger partial charge is 0.481 e. The number of ketones is 1. The molecule has 126 valence electrons. The van der Waals surface area contributed by atoms with Crippen molar-refractivity contribution in [1.82, 2.24) is 4.98 Å². The van der Waals surface area contributed by atoms with Crippen molar-refractivity contribution >= 4 is 28.2 Å². The third-order valence-electron chi connectivity index (χ3n) is 3.89. The molecule has 1 aliphatic carbocycles. The second-order valence-electron chi connectivity index (χ2n) is 6.80. The van der Waals surface area contributed by atoms with Crippen molar-refractivity contribution in [2.24, 2.45) is 5.41 Å². The van der Waals surface area contributed by atoms with E-state index in [4.69, 9.17) is 4.74 Å². The highest BCUT2D eigenvalue weighted by molar-refractivity contribution is 7.17. The van der Waals surface area contributed by atoms with Crippen LogP contribution in [0.2, 0.25) is 0 Å². The molecule has 0 aliphatic heterocycles. The van der Waals surface area contributed by atoms with Crippen molar-refractivity contribution in [2.45, 2.75) is 39.7 Å². The minimum Gasteiger partial charge on any atom is -0.481 e. The molecule has 24 heavy (non-hydrogen) atoms. The van der Waals surface area contributed by atoms with Crippen LogP contribution in [0.5, 0.6) is 5.75 Å². The van der Waals surface area contributed by atoms with Crippen LogP contribution in [0.15, 0.2) is 30.3 Å². The lowest BCUT2D eigenvalue weighted by Gasteiger charge is -2.26. The average molecular weight is 344 g/mol. The maximum Gasteiger partial charge on any atom is 0.266 e. The number of nitrogens with one attached hydrogen (secondary N) is 1. The smallest absolute Gasteiger partial charge is 0.266 e. The van der Waals surface area contributed by atoms with E-state index in [2.05, 4.69) is 24.1 Å². The number of hydrogen-bond acceptors (Lipinski definition) is 5. The van der Waals surface area contributed by atoms with Gasteiger partial charge < -0.3 is 4.74 Å². The Morgan fingerprint density at radius 1 is 1.29 bits per heavy atom. The summed E-state index contributed by atoms with van der Waals surface area (Å²) in [6, 6.07) is 9.18. The molecule has 0 spiro atoms. The third kappa shape index (κ3) is 3.64. The van der Waals surface area contributed by atoms with E-state index in [1.54, 1.807) is 19.1 Å². The number of thiazole rings is 1. The Hall–Kier alpha value is -2.21. The summed E-state index contributed by atoms with van der Waals surface area (Å²) in [6.07, 6.45) is 0.611. The van der Waals surface area contributed by atoms with Gasteiger partial charge in [-0.3, -0.25) is 14.9 Å². The molecule has 1 atom stereocenters. The van der Waals surface area contributed by atoms with Crippen LogP contribution in [0.4, 0.5) is 5.13 Å². The van der Waals surface area contributed by atoms with Crippen LogP contribution in [0.3, 0.4) is 0 Å².